The van der Waals surface area contributed by atoms with E-state index in [0.29, 0.717) is 18.0 Å². The van der Waals surface area contributed by atoms with Crippen molar-refractivity contribution >= 4 is 11.8 Å². The fourth-order valence-corrected chi connectivity index (χ4v) is 3.92. The fourth-order valence-electron chi connectivity index (χ4n) is 3.92. The van der Waals surface area contributed by atoms with Gasteiger partial charge >= 0.3 is 5.97 Å². The summed E-state index contributed by atoms with van der Waals surface area (Å²) in [4.78, 5) is 16.0. The van der Waals surface area contributed by atoms with Crippen LogP contribution in [-0.2, 0) is 9.53 Å². The monoisotopic (exact) mass is 365 g/mol. The third kappa shape index (κ3) is 4.57. The molecule has 146 valence electrons. The molecule has 1 aromatic rings. The first-order valence-corrected chi connectivity index (χ1v) is 9.72. The Hall–Kier alpha value is -1.60. The maximum Gasteiger partial charge on any atom is 0.314 e. The number of likely N-dealkylation sites (tertiary alicyclic amines) is 1. The van der Waals surface area contributed by atoms with Crippen LogP contribution in [0.4, 0.5) is 5.82 Å². The van der Waals surface area contributed by atoms with Crippen LogP contribution in [0, 0.1) is 5.92 Å². The third-order valence-corrected chi connectivity index (χ3v) is 5.57. The van der Waals surface area contributed by atoms with Crippen LogP contribution in [0.5, 0.6) is 0 Å². The van der Waals surface area contributed by atoms with Gasteiger partial charge in [0, 0.05) is 32.2 Å². The van der Waals surface area contributed by atoms with E-state index in [9.17, 15) is 9.90 Å². The molecule has 2 aliphatic rings. The maximum absolute atomic E-state index is 11.5. The van der Waals surface area contributed by atoms with E-state index in [1.807, 2.05) is 13.8 Å². The number of piperidine rings is 2. The van der Waals surface area contributed by atoms with Gasteiger partial charge < -0.3 is 24.2 Å². The number of anilines is 1. The van der Waals surface area contributed by atoms with Crippen molar-refractivity contribution in [2.75, 3.05) is 38.1 Å². The molecule has 2 saturated heterocycles. The van der Waals surface area contributed by atoms with E-state index in [1.165, 1.54) is 0 Å². The molecule has 0 bridgehead atoms. The summed E-state index contributed by atoms with van der Waals surface area (Å²) in [6, 6.07) is 1.79. The first-order valence-electron chi connectivity index (χ1n) is 9.72. The highest BCUT2D eigenvalue weighted by atomic mass is 16.5. The van der Waals surface area contributed by atoms with Gasteiger partial charge in [-0.05, 0) is 38.6 Å². The molecule has 1 aromatic heterocycles. The lowest BCUT2D eigenvalue weighted by molar-refractivity contribution is -0.140. The molecule has 0 radical (unpaired) electrons. The lowest BCUT2D eigenvalue weighted by atomic mass is 9.93. The van der Waals surface area contributed by atoms with Crippen molar-refractivity contribution in [3.05, 3.63) is 11.8 Å². The van der Waals surface area contributed by atoms with Crippen LogP contribution in [0.1, 0.15) is 51.2 Å². The lowest BCUT2D eigenvalue weighted by Crippen LogP contribution is -2.41. The van der Waals surface area contributed by atoms with E-state index in [4.69, 9.17) is 9.26 Å². The average Bonchev–Trinajstić information content (AvgIpc) is 3.06. The molecule has 2 aliphatic heterocycles. The summed E-state index contributed by atoms with van der Waals surface area (Å²) < 4.78 is 11.6. The van der Waals surface area contributed by atoms with Gasteiger partial charge in [0.2, 0.25) is 0 Å². The van der Waals surface area contributed by atoms with Gasteiger partial charge in [0.25, 0.3) is 0 Å². The largest absolute Gasteiger partial charge is 0.481 e. The number of aromatic nitrogens is 1. The Labute approximate surface area is 155 Å². The van der Waals surface area contributed by atoms with E-state index < -0.39 is 11.9 Å². The van der Waals surface area contributed by atoms with Crippen LogP contribution >= 0.6 is 0 Å². The molecule has 26 heavy (non-hydrogen) atoms. The SMILES string of the molecule is CC(C)C(C(=O)O)c1cc(N2CCC(OC3CCN(C)CC3)CC2)no1. The molecule has 2 fully saturated rings. The van der Waals surface area contributed by atoms with Crippen LogP contribution in [-0.4, -0.2) is 66.6 Å². The Morgan fingerprint density at radius 2 is 1.77 bits per heavy atom. The van der Waals surface area contributed by atoms with Crippen molar-refractivity contribution in [2.45, 2.75) is 57.7 Å². The molecular formula is C19H31N3O4. The fraction of sp³-hybridized carbons (Fsp3) is 0.789. The minimum atomic E-state index is -0.868. The number of hydrogen-bond donors (Lipinski definition) is 1. The Kier molecular flexibility index (Phi) is 6.19. The lowest BCUT2D eigenvalue weighted by Gasteiger charge is -2.36. The van der Waals surface area contributed by atoms with Gasteiger partial charge in [-0.15, -0.1) is 0 Å². The molecule has 0 aromatic carbocycles. The molecular weight excluding hydrogens is 334 g/mol. The molecule has 1 atom stereocenters. The van der Waals surface area contributed by atoms with Crippen molar-refractivity contribution in [2.24, 2.45) is 5.92 Å². The van der Waals surface area contributed by atoms with Gasteiger partial charge in [0.05, 0.1) is 12.2 Å². The van der Waals surface area contributed by atoms with E-state index >= 15 is 0 Å². The number of aliphatic carboxylic acids is 1. The molecule has 3 heterocycles. The van der Waals surface area contributed by atoms with E-state index in [1.54, 1.807) is 6.07 Å². The van der Waals surface area contributed by atoms with Crippen LogP contribution in [0.2, 0.25) is 0 Å². The summed E-state index contributed by atoms with van der Waals surface area (Å²) in [6.07, 6.45) is 4.89. The Balaban J connectivity index is 1.51. The molecule has 0 saturated carbocycles. The van der Waals surface area contributed by atoms with Gasteiger partial charge in [-0.3, -0.25) is 4.79 Å². The van der Waals surface area contributed by atoms with E-state index in [-0.39, 0.29) is 5.92 Å². The van der Waals surface area contributed by atoms with Crippen LogP contribution in [0.25, 0.3) is 0 Å². The first kappa shape index (κ1) is 19.2. The Morgan fingerprint density at radius 3 is 2.31 bits per heavy atom. The van der Waals surface area contributed by atoms with Crippen molar-refractivity contribution in [3.63, 3.8) is 0 Å². The summed E-state index contributed by atoms with van der Waals surface area (Å²) >= 11 is 0. The summed E-state index contributed by atoms with van der Waals surface area (Å²) in [5.41, 5.74) is 0. The molecule has 0 spiro atoms. The van der Waals surface area contributed by atoms with Gasteiger partial charge in [-0.1, -0.05) is 19.0 Å². The van der Waals surface area contributed by atoms with Crippen LogP contribution in [0.3, 0.4) is 0 Å². The standard InChI is InChI=1S/C19H31N3O4/c1-13(2)18(19(23)24)16-12-17(20-26-16)22-10-6-15(7-11-22)25-14-4-8-21(3)9-5-14/h12-15,18H,4-11H2,1-3H3,(H,23,24). The smallest absolute Gasteiger partial charge is 0.314 e. The minimum Gasteiger partial charge on any atom is -0.481 e. The first-order chi connectivity index (χ1) is 12.4. The molecule has 3 rings (SSSR count). The molecule has 1 N–H and O–H groups in total. The number of carboxylic acids is 1. The zero-order valence-corrected chi connectivity index (χ0v) is 16.1. The normalized spacial score (nSPS) is 22.1. The summed E-state index contributed by atoms with van der Waals surface area (Å²) in [7, 11) is 2.16. The van der Waals surface area contributed by atoms with Crippen molar-refractivity contribution in [3.8, 4) is 0 Å². The number of ether oxygens (including phenoxy) is 1. The second-order valence-electron chi connectivity index (χ2n) is 7.97. The second-order valence-corrected chi connectivity index (χ2v) is 7.97. The Morgan fingerprint density at radius 1 is 1.19 bits per heavy atom. The topological polar surface area (TPSA) is 79.0 Å². The summed E-state index contributed by atoms with van der Waals surface area (Å²) in [5, 5.41) is 13.5. The van der Waals surface area contributed by atoms with Crippen molar-refractivity contribution < 1.29 is 19.2 Å². The molecule has 1 unspecified atom stereocenters. The summed E-state index contributed by atoms with van der Waals surface area (Å²) in [6.45, 7) is 7.72. The molecule has 0 amide bonds. The number of carboxylic acid groups (broad SMARTS) is 1. The second kappa shape index (κ2) is 8.39. The molecule has 7 heteroatoms. The third-order valence-electron chi connectivity index (χ3n) is 5.57. The van der Waals surface area contributed by atoms with Crippen LogP contribution in [0.15, 0.2) is 10.6 Å². The zero-order valence-electron chi connectivity index (χ0n) is 16.1. The minimum absolute atomic E-state index is 0.0398. The number of carbonyl (C=O) groups is 1. The van der Waals surface area contributed by atoms with Gasteiger partial charge in [0.15, 0.2) is 11.6 Å². The summed E-state index contributed by atoms with van der Waals surface area (Å²) in [5.74, 6) is -0.381. The average molecular weight is 365 g/mol. The van der Waals surface area contributed by atoms with E-state index in [2.05, 4.69) is 22.0 Å². The molecule has 7 nitrogen and oxygen atoms in total. The van der Waals surface area contributed by atoms with Crippen molar-refractivity contribution in [1.29, 1.82) is 0 Å². The molecule has 0 aliphatic carbocycles. The maximum atomic E-state index is 11.5. The highest BCUT2D eigenvalue weighted by Gasteiger charge is 2.30. The van der Waals surface area contributed by atoms with Gasteiger partial charge in [-0.2, -0.15) is 0 Å². The predicted molar refractivity (Wildman–Crippen MR) is 98.6 cm³/mol. The van der Waals surface area contributed by atoms with E-state index in [0.717, 1.165) is 57.7 Å². The van der Waals surface area contributed by atoms with Crippen molar-refractivity contribution in [1.82, 2.24) is 10.1 Å². The van der Waals surface area contributed by atoms with Gasteiger partial charge in [-0.25, -0.2) is 0 Å². The number of nitrogens with zero attached hydrogens (tertiary/aromatic N) is 3. The number of hydrogen-bond acceptors (Lipinski definition) is 6. The highest BCUT2D eigenvalue weighted by Crippen LogP contribution is 2.29. The Bertz CT molecular complexity index is 587. The predicted octanol–water partition coefficient (Wildman–Crippen LogP) is 2.58. The van der Waals surface area contributed by atoms with Gasteiger partial charge in [0.1, 0.15) is 5.92 Å². The zero-order chi connectivity index (χ0) is 18.7. The van der Waals surface area contributed by atoms with Crippen LogP contribution < -0.4 is 4.90 Å². The highest BCUT2D eigenvalue weighted by molar-refractivity contribution is 5.75. The quantitative estimate of drug-likeness (QED) is 0.830. The number of rotatable bonds is 6.